The summed E-state index contributed by atoms with van der Waals surface area (Å²) in [5, 5.41) is 0. The Hall–Kier alpha value is -1.04. The summed E-state index contributed by atoms with van der Waals surface area (Å²) in [6.45, 7) is 6.82. The topological polar surface area (TPSA) is 0 Å². The molecule has 0 fully saturated rings. The Morgan fingerprint density at radius 1 is 1.12 bits per heavy atom. The van der Waals surface area contributed by atoms with Crippen LogP contribution >= 0.6 is 0 Å². The minimum Gasteiger partial charge on any atom is -0.0653 e. The van der Waals surface area contributed by atoms with Crippen LogP contribution in [0.3, 0.4) is 0 Å². The van der Waals surface area contributed by atoms with Gasteiger partial charge in [0.1, 0.15) is 0 Å². The summed E-state index contributed by atoms with van der Waals surface area (Å²) in [6.07, 6.45) is 7.55. The summed E-state index contributed by atoms with van der Waals surface area (Å²) < 4.78 is 0. The van der Waals surface area contributed by atoms with Gasteiger partial charge in [0.2, 0.25) is 0 Å². The largest absolute Gasteiger partial charge is 0.0653 e. The molecule has 16 heavy (non-hydrogen) atoms. The lowest BCUT2D eigenvalue weighted by molar-refractivity contribution is 0.664. The van der Waals surface area contributed by atoms with Gasteiger partial charge >= 0.3 is 0 Å². The fourth-order valence-electron chi connectivity index (χ4n) is 2.94. The first-order valence-corrected chi connectivity index (χ1v) is 6.57. The van der Waals surface area contributed by atoms with Crippen molar-refractivity contribution < 1.29 is 0 Å². The molecule has 1 aliphatic rings. The van der Waals surface area contributed by atoms with E-state index in [1.165, 1.54) is 36.8 Å². The van der Waals surface area contributed by atoms with Crippen LogP contribution in [-0.2, 0) is 0 Å². The maximum absolute atomic E-state index is 2.44. The van der Waals surface area contributed by atoms with Crippen molar-refractivity contribution in [1.29, 1.82) is 0 Å². The molecule has 0 N–H and O–H groups in total. The smallest absolute Gasteiger partial charge is 0.00599 e. The van der Waals surface area contributed by atoms with Crippen LogP contribution in [0.2, 0.25) is 0 Å². The highest BCUT2D eigenvalue weighted by Gasteiger charge is 2.24. The summed E-state index contributed by atoms with van der Waals surface area (Å²) in [7, 11) is 0. The first-order valence-electron chi connectivity index (χ1n) is 6.57. The van der Waals surface area contributed by atoms with Gasteiger partial charge < -0.3 is 0 Å². The quantitative estimate of drug-likeness (QED) is 0.656. The highest BCUT2D eigenvalue weighted by atomic mass is 14.3. The highest BCUT2D eigenvalue weighted by molar-refractivity contribution is 5.68. The van der Waals surface area contributed by atoms with E-state index in [9.17, 15) is 0 Å². The predicted molar refractivity (Wildman–Crippen MR) is 71.7 cm³/mol. The molecule has 0 nitrogen and oxygen atoms in total. The summed E-state index contributed by atoms with van der Waals surface area (Å²) in [4.78, 5) is 0. The van der Waals surface area contributed by atoms with Gasteiger partial charge in [-0.15, -0.1) is 0 Å². The summed E-state index contributed by atoms with van der Waals surface area (Å²) >= 11 is 0. The Morgan fingerprint density at radius 3 is 2.62 bits per heavy atom. The summed E-state index contributed by atoms with van der Waals surface area (Å²) in [6, 6.07) is 6.71. The molecule has 0 radical (unpaired) electrons. The van der Waals surface area contributed by atoms with Crippen molar-refractivity contribution in [3.63, 3.8) is 0 Å². The maximum atomic E-state index is 2.44. The van der Waals surface area contributed by atoms with Gasteiger partial charge in [-0.1, -0.05) is 56.5 Å². The molecule has 86 valence electrons. The normalized spacial score (nSPS) is 18.4. The van der Waals surface area contributed by atoms with Crippen molar-refractivity contribution in [2.45, 2.75) is 52.4 Å². The van der Waals surface area contributed by atoms with Crippen molar-refractivity contribution >= 4 is 6.08 Å². The van der Waals surface area contributed by atoms with Gasteiger partial charge in [-0.3, -0.25) is 0 Å². The van der Waals surface area contributed by atoms with Gasteiger partial charge in [0, 0.05) is 5.92 Å². The number of benzene rings is 1. The zero-order chi connectivity index (χ0) is 11.5. The third kappa shape index (κ3) is 1.93. The molecule has 2 rings (SSSR count). The Bertz CT molecular complexity index is 398. The van der Waals surface area contributed by atoms with Gasteiger partial charge in [0.25, 0.3) is 0 Å². The molecule has 1 unspecified atom stereocenters. The molecule has 0 aliphatic heterocycles. The van der Waals surface area contributed by atoms with E-state index in [2.05, 4.69) is 45.0 Å². The Labute approximate surface area is 99.4 Å². The monoisotopic (exact) mass is 214 g/mol. The molecule has 0 saturated heterocycles. The molecule has 0 saturated carbocycles. The van der Waals surface area contributed by atoms with Crippen LogP contribution in [0.15, 0.2) is 23.8 Å². The maximum Gasteiger partial charge on any atom is 0.00599 e. The average molecular weight is 214 g/mol. The van der Waals surface area contributed by atoms with Crippen LogP contribution in [0.25, 0.3) is 6.08 Å². The first-order chi connectivity index (χ1) is 7.77. The number of fused-ring (bicyclic) bond motifs is 1. The molecule has 0 spiro atoms. The minimum absolute atomic E-state index is 0.709. The van der Waals surface area contributed by atoms with Crippen LogP contribution in [-0.4, -0.2) is 0 Å². The SMILES string of the molecule is CCCC1=Cc2cccc(C)c2C1CCC. The second-order valence-electron chi connectivity index (χ2n) is 4.89. The predicted octanol–water partition coefficient (Wildman–Crippen LogP) is 5.08. The van der Waals surface area contributed by atoms with Crippen LogP contribution in [0, 0.1) is 6.92 Å². The summed E-state index contributed by atoms with van der Waals surface area (Å²) in [5.41, 5.74) is 6.21. The fourth-order valence-corrected chi connectivity index (χ4v) is 2.94. The van der Waals surface area contributed by atoms with Crippen LogP contribution in [0.4, 0.5) is 0 Å². The van der Waals surface area contributed by atoms with E-state index >= 15 is 0 Å². The van der Waals surface area contributed by atoms with E-state index < -0.39 is 0 Å². The zero-order valence-electron chi connectivity index (χ0n) is 10.7. The van der Waals surface area contributed by atoms with Crippen molar-refractivity contribution in [2.24, 2.45) is 0 Å². The van der Waals surface area contributed by atoms with Gasteiger partial charge in [0.15, 0.2) is 0 Å². The highest BCUT2D eigenvalue weighted by Crippen LogP contribution is 2.42. The van der Waals surface area contributed by atoms with Gasteiger partial charge in [-0.2, -0.15) is 0 Å². The zero-order valence-corrected chi connectivity index (χ0v) is 10.7. The van der Waals surface area contributed by atoms with Crippen molar-refractivity contribution in [1.82, 2.24) is 0 Å². The second-order valence-corrected chi connectivity index (χ2v) is 4.89. The van der Waals surface area contributed by atoms with Gasteiger partial charge in [-0.25, -0.2) is 0 Å². The number of hydrogen-bond acceptors (Lipinski definition) is 0. The lowest BCUT2D eigenvalue weighted by Gasteiger charge is -2.17. The number of rotatable bonds is 4. The van der Waals surface area contributed by atoms with E-state index in [4.69, 9.17) is 0 Å². The Kier molecular flexibility index (Phi) is 3.48. The molecular formula is C16H22. The van der Waals surface area contributed by atoms with E-state index in [1.54, 1.807) is 11.1 Å². The van der Waals surface area contributed by atoms with Gasteiger partial charge in [0.05, 0.1) is 0 Å². The Balaban J connectivity index is 2.37. The van der Waals surface area contributed by atoms with E-state index in [-0.39, 0.29) is 0 Å². The minimum atomic E-state index is 0.709. The lowest BCUT2D eigenvalue weighted by atomic mass is 9.87. The number of hydrogen-bond donors (Lipinski definition) is 0. The standard InChI is InChI=1S/C16H22/c1-4-7-13-11-14-10-6-9-12(3)16(14)15(13)8-5-2/h6,9-11,15H,4-5,7-8H2,1-3H3. The van der Waals surface area contributed by atoms with Gasteiger partial charge in [-0.05, 0) is 36.5 Å². The molecule has 0 bridgehead atoms. The number of allylic oxidation sites excluding steroid dienone is 1. The Morgan fingerprint density at radius 2 is 1.94 bits per heavy atom. The fraction of sp³-hybridized carbons (Fsp3) is 0.500. The third-order valence-electron chi connectivity index (χ3n) is 3.61. The van der Waals surface area contributed by atoms with Crippen LogP contribution < -0.4 is 0 Å². The average Bonchev–Trinajstić information content (AvgIpc) is 2.59. The van der Waals surface area contributed by atoms with Crippen molar-refractivity contribution in [2.75, 3.05) is 0 Å². The summed E-state index contributed by atoms with van der Waals surface area (Å²) in [5.74, 6) is 0.709. The van der Waals surface area contributed by atoms with Crippen molar-refractivity contribution in [3.8, 4) is 0 Å². The molecule has 1 aromatic carbocycles. The third-order valence-corrected chi connectivity index (χ3v) is 3.61. The van der Waals surface area contributed by atoms with Crippen LogP contribution in [0.1, 0.15) is 62.1 Å². The van der Waals surface area contributed by atoms with E-state index in [0.29, 0.717) is 5.92 Å². The van der Waals surface area contributed by atoms with Crippen molar-refractivity contribution in [3.05, 3.63) is 40.5 Å². The molecule has 0 amide bonds. The first kappa shape index (κ1) is 11.4. The van der Waals surface area contributed by atoms with E-state index in [1.807, 2.05) is 0 Å². The molecule has 0 heteroatoms. The lowest BCUT2D eigenvalue weighted by Crippen LogP contribution is -2.01. The molecule has 0 heterocycles. The number of aryl methyl sites for hydroxylation is 1. The second kappa shape index (κ2) is 4.86. The molecular weight excluding hydrogens is 192 g/mol. The van der Waals surface area contributed by atoms with E-state index in [0.717, 1.165) is 0 Å². The molecule has 1 aromatic rings. The van der Waals surface area contributed by atoms with Crippen LogP contribution in [0.5, 0.6) is 0 Å². The molecule has 0 aromatic heterocycles. The molecule has 1 aliphatic carbocycles. The molecule has 1 atom stereocenters.